The molecule has 0 radical (unpaired) electrons. The zero-order chi connectivity index (χ0) is 21.4. The number of nitrogens with zero attached hydrogens (tertiary/aromatic N) is 4. The highest BCUT2D eigenvalue weighted by molar-refractivity contribution is 7.19. The fourth-order valence-electron chi connectivity index (χ4n) is 4.03. The third-order valence-electron chi connectivity index (χ3n) is 6.16. The van der Waals surface area contributed by atoms with Gasteiger partial charge in [-0.1, -0.05) is 36.0 Å². The van der Waals surface area contributed by atoms with Gasteiger partial charge in [0.1, 0.15) is 5.00 Å². The fraction of sp³-hybridized carbons (Fsp3) is 0.435. The Bertz CT molecular complexity index is 1070. The van der Waals surface area contributed by atoms with Gasteiger partial charge in [-0.05, 0) is 38.9 Å². The Morgan fingerprint density at radius 1 is 1.13 bits per heavy atom. The number of rotatable bonds is 5. The second-order valence-electron chi connectivity index (χ2n) is 8.38. The lowest BCUT2D eigenvalue weighted by molar-refractivity contribution is 0.0996. The molecule has 8 heteroatoms. The number of piperazine rings is 1. The summed E-state index contributed by atoms with van der Waals surface area (Å²) in [5.74, 6) is 0.898. The van der Waals surface area contributed by atoms with Crippen molar-refractivity contribution >= 4 is 27.4 Å². The molecule has 3 heterocycles. The first-order chi connectivity index (χ1) is 15.1. The van der Waals surface area contributed by atoms with E-state index in [0.29, 0.717) is 22.6 Å². The van der Waals surface area contributed by atoms with Crippen molar-refractivity contribution in [2.75, 3.05) is 43.4 Å². The normalized spacial score (nSPS) is 17.5. The maximum atomic E-state index is 13.0. The van der Waals surface area contributed by atoms with E-state index in [2.05, 4.69) is 27.1 Å². The quantitative estimate of drug-likeness (QED) is 0.639. The van der Waals surface area contributed by atoms with Crippen molar-refractivity contribution in [3.05, 3.63) is 47.5 Å². The van der Waals surface area contributed by atoms with Crippen molar-refractivity contribution in [3.8, 4) is 11.5 Å². The lowest BCUT2D eigenvalue weighted by Gasteiger charge is -2.35. The Labute approximate surface area is 186 Å². The summed E-state index contributed by atoms with van der Waals surface area (Å²) in [6.45, 7) is 5.87. The Hall–Kier alpha value is -2.71. The van der Waals surface area contributed by atoms with E-state index in [1.807, 2.05) is 30.3 Å². The number of nitrogens with one attached hydrogen (secondary N) is 1. The summed E-state index contributed by atoms with van der Waals surface area (Å²) < 4.78 is 5.82. The monoisotopic (exact) mass is 437 g/mol. The highest BCUT2D eigenvalue weighted by atomic mass is 32.1. The number of carbonyl (C=O) groups is 1. The lowest BCUT2D eigenvalue weighted by Crippen LogP contribution is -2.44. The SMILES string of the molecule is Cc1nc(-c2ccccc2)oc1C(=O)Nc1nc(C2CCC2)c(N2CCN(C)CC2)s1. The topological polar surface area (TPSA) is 74.5 Å². The standard InChI is InChI=1S/C23H27N5O2S/c1-15-19(30-21(24-15)17-7-4-3-5-8-17)20(29)26-23-25-18(16-9-6-10-16)22(31-23)28-13-11-27(2)12-14-28/h3-5,7-8,16H,6,9-14H2,1-2H3,(H,25,26,29). The lowest BCUT2D eigenvalue weighted by atomic mass is 9.83. The molecule has 7 nitrogen and oxygen atoms in total. The van der Waals surface area contributed by atoms with Crippen LogP contribution in [0.15, 0.2) is 34.7 Å². The minimum atomic E-state index is -0.300. The van der Waals surface area contributed by atoms with Crippen LogP contribution in [-0.4, -0.2) is 54.0 Å². The van der Waals surface area contributed by atoms with E-state index in [4.69, 9.17) is 9.40 Å². The summed E-state index contributed by atoms with van der Waals surface area (Å²) in [6.07, 6.45) is 3.62. The van der Waals surface area contributed by atoms with Crippen LogP contribution in [0.5, 0.6) is 0 Å². The first-order valence-corrected chi connectivity index (χ1v) is 11.7. The van der Waals surface area contributed by atoms with E-state index in [9.17, 15) is 4.79 Å². The molecule has 1 aliphatic heterocycles. The van der Waals surface area contributed by atoms with Crippen molar-refractivity contribution in [2.24, 2.45) is 0 Å². The van der Waals surface area contributed by atoms with Crippen LogP contribution >= 0.6 is 11.3 Å². The number of oxazole rings is 1. The fourth-order valence-corrected chi connectivity index (χ4v) is 5.13. The molecular weight excluding hydrogens is 410 g/mol. The van der Waals surface area contributed by atoms with Gasteiger partial charge in [-0.25, -0.2) is 9.97 Å². The van der Waals surface area contributed by atoms with Gasteiger partial charge in [0.25, 0.3) is 5.91 Å². The molecule has 162 valence electrons. The van der Waals surface area contributed by atoms with Crippen LogP contribution in [0.25, 0.3) is 11.5 Å². The third-order valence-corrected chi connectivity index (χ3v) is 7.21. The summed E-state index contributed by atoms with van der Waals surface area (Å²) in [5, 5.41) is 4.83. The number of hydrogen-bond acceptors (Lipinski definition) is 7. The molecule has 0 spiro atoms. The number of aromatic nitrogens is 2. The molecule has 3 aromatic rings. The molecule has 1 aromatic carbocycles. The van der Waals surface area contributed by atoms with Crippen LogP contribution in [0.1, 0.15) is 47.1 Å². The average molecular weight is 438 g/mol. The van der Waals surface area contributed by atoms with E-state index >= 15 is 0 Å². The van der Waals surface area contributed by atoms with Crippen molar-refractivity contribution < 1.29 is 9.21 Å². The molecule has 1 N–H and O–H groups in total. The summed E-state index contributed by atoms with van der Waals surface area (Å²) in [4.78, 5) is 27.0. The van der Waals surface area contributed by atoms with Gasteiger partial charge in [-0.15, -0.1) is 0 Å². The number of thiazole rings is 1. The minimum absolute atomic E-state index is 0.236. The maximum absolute atomic E-state index is 13.0. The second kappa shape index (κ2) is 8.43. The van der Waals surface area contributed by atoms with Gasteiger partial charge in [-0.3, -0.25) is 10.1 Å². The van der Waals surface area contributed by atoms with Gasteiger partial charge < -0.3 is 14.2 Å². The highest BCUT2D eigenvalue weighted by Gasteiger charge is 2.30. The third kappa shape index (κ3) is 4.09. The zero-order valence-corrected chi connectivity index (χ0v) is 18.7. The molecule has 31 heavy (non-hydrogen) atoms. The van der Waals surface area contributed by atoms with Crippen LogP contribution < -0.4 is 10.2 Å². The van der Waals surface area contributed by atoms with Crippen LogP contribution in [0.3, 0.4) is 0 Å². The van der Waals surface area contributed by atoms with Crippen molar-refractivity contribution in [1.29, 1.82) is 0 Å². The predicted molar refractivity (Wildman–Crippen MR) is 123 cm³/mol. The molecule has 0 atom stereocenters. The first-order valence-electron chi connectivity index (χ1n) is 10.9. The van der Waals surface area contributed by atoms with E-state index in [0.717, 1.165) is 37.4 Å². The highest BCUT2D eigenvalue weighted by Crippen LogP contribution is 2.44. The molecule has 2 aromatic heterocycles. The Kier molecular flexibility index (Phi) is 5.50. The second-order valence-corrected chi connectivity index (χ2v) is 9.36. The van der Waals surface area contributed by atoms with Gasteiger partial charge in [0.15, 0.2) is 5.13 Å². The smallest absolute Gasteiger partial charge is 0.295 e. The minimum Gasteiger partial charge on any atom is -0.431 e. The average Bonchev–Trinajstić information content (AvgIpc) is 3.32. The van der Waals surface area contributed by atoms with Gasteiger partial charge in [0.05, 0.1) is 11.4 Å². The molecule has 1 amide bonds. The largest absolute Gasteiger partial charge is 0.431 e. The molecule has 1 aliphatic carbocycles. The van der Waals surface area contributed by atoms with Crippen LogP contribution in [0, 0.1) is 6.92 Å². The molecule has 5 rings (SSSR count). The van der Waals surface area contributed by atoms with Crippen LogP contribution in [0.2, 0.25) is 0 Å². The van der Waals surface area contributed by atoms with E-state index in [1.54, 1.807) is 18.3 Å². The molecule has 2 aliphatic rings. The number of benzene rings is 1. The van der Waals surface area contributed by atoms with Crippen molar-refractivity contribution in [2.45, 2.75) is 32.1 Å². The Morgan fingerprint density at radius 3 is 2.55 bits per heavy atom. The maximum Gasteiger partial charge on any atom is 0.295 e. The van der Waals surface area contributed by atoms with Crippen LogP contribution in [0.4, 0.5) is 10.1 Å². The number of likely N-dealkylation sites (N-methyl/N-ethyl adjacent to an activating group) is 1. The van der Waals surface area contributed by atoms with E-state index in [1.165, 1.54) is 24.3 Å². The van der Waals surface area contributed by atoms with Gasteiger partial charge in [0.2, 0.25) is 11.7 Å². The van der Waals surface area contributed by atoms with Crippen molar-refractivity contribution in [1.82, 2.24) is 14.9 Å². The number of anilines is 2. The summed E-state index contributed by atoms with van der Waals surface area (Å²) in [7, 11) is 2.16. The number of hydrogen-bond donors (Lipinski definition) is 1. The van der Waals surface area contributed by atoms with Crippen LogP contribution in [-0.2, 0) is 0 Å². The summed E-state index contributed by atoms with van der Waals surface area (Å²) in [5.41, 5.74) is 2.57. The van der Waals surface area contributed by atoms with Crippen molar-refractivity contribution in [3.63, 3.8) is 0 Å². The van der Waals surface area contributed by atoms with Gasteiger partial charge in [-0.2, -0.15) is 0 Å². The molecule has 0 bridgehead atoms. The number of carbonyl (C=O) groups excluding carboxylic acids is 1. The molecule has 1 saturated heterocycles. The zero-order valence-electron chi connectivity index (χ0n) is 17.9. The number of amides is 1. The summed E-state index contributed by atoms with van der Waals surface area (Å²) in [6, 6.07) is 9.62. The number of aryl methyl sites for hydroxylation is 1. The Balaban J connectivity index is 1.37. The predicted octanol–water partition coefficient (Wildman–Crippen LogP) is 4.38. The van der Waals surface area contributed by atoms with Gasteiger partial charge >= 0.3 is 0 Å². The van der Waals surface area contributed by atoms with E-state index < -0.39 is 0 Å². The molecule has 1 saturated carbocycles. The van der Waals surface area contributed by atoms with Gasteiger partial charge in [0, 0.05) is 37.7 Å². The van der Waals surface area contributed by atoms with E-state index in [-0.39, 0.29) is 11.7 Å². The Morgan fingerprint density at radius 2 is 1.87 bits per heavy atom. The summed E-state index contributed by atoms with van der Waals surface area (Å²) >= 11 is 1.58. The molecular formula is C23H27N5O2S. The first kappa shape index (κ1) is 20.2. The molecule has 2 fully saturated rings. The molecule has 0 unspecified atom stereocenters.